The quantitative estimate of drug-likeness (QED) is 0.840. The Morgan fingerprint density at radius 1 is 0.778 bits per heavy atom. The van der Waals surface area contributed by atoms with Crippen molar-refractivity contribution < 1.29 is 0 Å². The van der Waals surface area contributed by atoms with Gasteiger partial charge >= 0.3 is 0 Å². The zero-order valence-electron chi connectivity index (χ0n) is 10.4. The first-order chi connectivity index (χ1) is 8.92. The summed E-state index contributed by atoms with van der Waals surface area (Å²) in [6, 6.07) is 17.0. The molecular formula is C16H18N2. The van der Waals surface area contributed by atoms with Crippen molar-refractivity contribution in [2.24, 2.45) is 0 Å². The van der Waals surface area contributed by atoms with E-state index in [1.807, 2.05) is 6.07 Å². The van der Waals surface area contributed by atoms with Crippen LogP contribution in [0.15, 0.2) is 48.5 Å². The first-order valence-corrected chi connectivity index (χ1v) is 6.56. The predicted molar refractivity (Wildman–Crippen MR) is 76.4 cm³/mol. The average molecular weight is 238 g/mol. The Labute approximate surface area is 108 Å². The van der Waals surface area contributed by atoms with Crippen molar-refractivity contribution in [2.75, 3.05) is 18.4 Å². The summed E-state index contributed by atoms with van der Waals surface area (Å²) in [7, 11) is 0. The van der Waals surface area contributed by atoms with E-state index in [1.54, 1.807) is 0 Å². The molecule has 2 aromatic rings. The van der Waals surface area contributed by atoms with E-state index in [0.29, 0.717) is 0 Å². The molecule has 0 unspecified atom stereocenters. The fourth-order valence-electron chi connectivity index (χ4n) is 2.44. The van der Waals surface area contributed by atoms with E-state index in [-0.39, 0.29) is 0 Å². The highest BCUT2D eigenvalue weighted by Gasteiger charge is 2.07. The van der Waals surface area contributed by atoms with Gasteiger partial charge in [-0.05, 0) is 61.3 Å². The Hall–Kier alpha value is -1.80. The van der Waals surface area contributed by atoms with Gasteiger partial charge < -0.3 is 10.6 Å². The minimum atomic E-state index is 1.09. The highest BCUT2D eigenvalue weighted by Crippen LogP contribution is 2.21. The molecule has 0 fully saturated rings. The third-order valence-corrected chi connectivity index (χ3v) is 3.41. The second-order valence-corrected chi connectivity index (χ2v) is 4.72. The van der Waals surface area contributed by atoms with Gasteiger partial charge in [0.25, 0.3) is 0 Å². The summed E-state index contributed by atoms with van der Waals surface area (Å²) in [6.45, 7) is 2.18. The van der Waals surface area contributed by atoms with E-state index < -0.39 is 0 Å². The van der Waals surface area contributed by atoms with E-state index in [1.165, 1.54) is 16.8 Å². The standard InChI is InChI=1S/C16H18N2/c1-2-4-15(5-3-1)18-16-7-6-13-8-10-17-11-9-14(13)12-16/h1-7,12,17-18H,8-11H2. The molecule has 1 aliphatic rings. The Balaban J connectivity index is 1.83. The number of benzene rings is 2. The molecule has 2 N–H and O–H groups in total. The van der Waals surface area contributed by atoms with Crippen molar-refractivity contribution in [1.82, 2.24) is 5.32 Å². The molecule has 1 aliphatic heterocycles. The third-order valence-electron chi connectivity index (χ3n) is 3.41. The molecule has 2 aromatic carbocycles. The number of para-hydroxylation sites is 1. The number of rotatable bonds is 2. The van der Waals surface area contributed by atoms with Crippen LogP contribution >= 0.6 is 0 Å². The van der Waals surface area contributed by atoms with E-state index >= 15 is 0 Å². The fourth-order valence-corrected chi connectivity index (χ4v) is 2.44. The molecule has 0 bridgehead atoms. The van der Waals surface area contributed by atoms with Crippen LogP contribution < -0.4 is 10.6 Å². The van der Waals surface area contributed by atoms with Crippen LogP contribution in [0.2, 0.25) is 0 Å². The summed E-state index contributed by atoms with van der Waals surface area (Å²) in [5.41, 5.74) is 5.28. The zero-order valence-corrected chi connectivity index (χ0v) is 10.4. The normalized spacial score (nSPS) is 14.7. The predicted octanol–water partition coefficient (Wildman–Crippen LogP) is 3.12. The molecule has 0 saturated heterocycles. The van der Waals surface area contributed by atoms with Gasteiger partial charge in [0.2, 0.25) is 0 Å². The number of fused-ring (bicyclic) bond motifs is 1. The van der Waals surface area contributed by atoms with Crippen molar-refractivity contribution in [2.45, 2.75) is 12.8 Å². The van der Waals surface area contributed by atoms with Crippen LogP contribution in [0.3, 0.4) is 0 Å². The maximum absolute atomic E-state index is 3.45. The van der Waals surface area contributed by atoms with Crippen molar-refractivity contribution in [3.8, 4) is 0 Å². The molecule has 0 amide bonds. The minimum Gasteiger partial charge on any atom is -0.356 e. The highest BCUT2D eigenvalue weighted by molar-refractivity contribution is 5.61. The summed E-state index contributed by atoms with van der Waals surface area (Å²) in [4.78, 5) is 0. The molecule has 0 saturated carbocycles. The molecule has 0 aromatic heterocycles. The van der Waals surface area contributed by atoms with Gasteiger partial charge in [0, 0.05) is 11.4 Å². The minimum absolute atomic E-state index is 1.09. The summed E-state index contributed by atoms with van der Waals surface area (Å²) < 4.78 is 0. The van der Waals surface area contributed by atoms with Gasteiger partial charge in [-0.3, -0.25) is 0 Å². The summed E-state index contributed by atoms with van der Waals surface area (Å²) in [6.07, 6.45) is 2.26. The molecule has 18 heavy (non-hydrogen) atoms. The van der Waals surface area contributed by atoms with Crippen LogP contribution in [-0.4, -0.2) is 13.1 Å². The molecular weight excluding hydrogens is 220 g/mol. The lowest BCUT2D eigenvalue weighted by atomic mass is 10.0. The SMILES string of the molecule is c1ccc(Nc2ccc3c(c2)CCNCC3)cc1. The smallest absolute Gasteiger partial charge is 0.0387 e. The largest absolute Gasteiger partial charge is 0.356 e. The Bertz CT molecular complexity index is 520. The molecule has 2 heteroatoms. The van der Waals surface area contributed by atoms with Crippen LogP contribution in [-0.2, 0) is 12.8 Å². The van der Waals surface area contributed by atoms with Crippen molar-refractivity contribution in [3.05, 3.63) is 59.7 Å². The van der Waals surface area contributed by atoms with Crippen LogP contribution in [0, 0.1) is 0 Å². The van der Waals surface area contributed by atoms with Gasteiger partial charge in [0.05, 0.1) is 0 Å². The molecule has 92 valence electrons. The molecule has 0 aliphatic carbocycles. The van der Waals surface area contributed by atoms with Crippen LogP contribution in [0.4, 0.5) is 11.4 Å². The van der Waals surface area contributed by atoms with Gasteiger partial charge in [-0.1, -0.05) is 24.3 Å². The molecule has 0 radical (unpaired) electrons. The maximum Gasteiger partial charge on any atom is 0.0387 e. The van der Waals surface area contributed by atoms with Gasteiger partial charge in [-0.25, -0.2) is 0 Å². The lowest BCUT2D eigenvalue weighted by molar-refractivity contribution is 0.711. The molecule has 0 spiro atoms. The second kappa shape index (κ2) is 5.23. The molecule has 1 heterocycles. The molecule has 2 nitrogen and oxygen atoms in total. The van der Waals surface area contributed by atoms with Crippen molar-refractivity contribution >= 4 is 11.4 Å². The summed E-state index contributed by atoms with van der Waals surface area (Å²) in [5.74, 6) is 0. The molecule has 0 atom stereocenters. The summed E-state index contributed by atoms with van der Waals surface area (Å²) in [5, 5.41) is 6.90. The third kappa shape index (κ3) is 2.54. The van der Waals surface area contributed by atoms with Crippen molar-refractivity contribution in [1.29, 1.82) is 0 Å². The fraction of sp³-hybridized carbons (Fsp3) is 0.250. The number of anilines is 2. The van der Waals surface area contributed by atoms with E-state index in [0.717, 1.165) is 31.6 Å². The Morgan fingerprint density at radius 2 is 1.56 bits per heavy atom. The van der Waals surface area contributed by atoms with Crippen molar-refractivity contribution in [3.63, 3.8) is 0 Å². The monoisotopic (exact) mass is 238 g/mol. The van der Waals surface area contributed by atoms with E-state index in [4.69, 9.17) is 0 Å². The Kier molecular flexibility index (Phi) is 3.29. The van der Waals surface area contributed by atoms with Gasteiger partial charge in [-0.2, -0.15) is 0 Å². The Morgan fingerprint density at radius 3 is 2.39 bits per heavy atom. The lowest BCUT2D eigenvalue weighted by Crippen LogP contribution is -2.16. The number of hydrogen-bond donors (Lipinski definition) is 2. The molecule has 3 rings (SSSR count). The van der Waals surface area contributed by atoms with E-state index in [9.17, 15) is 0 Å². The maximum atomic E-state index is 3.45. The zero-order chi connectivity index (χ0) is 12.2. The second-order valence-electron chi connectivity index (χ2n) is 4.72. The topological polar surface area (TPSA) is 24.1 Å². The lowest BCUT2D eigenvalue weighted by Gasteiger charge is -2.10. The number of hydrogen-bond acceptors (Lipinski definition) is 2. The van der Waals surface area contributed by atoms with Gasteiger partial charge in [-0.15, -0.1) is 0 Å². The number of nitrogens with one attached hydrogen (secondary N) is 2. The highest BCUT2D eigenvalue weighted by atomic mass is 14.9. The van der Waals surface area contributed by atoms with Gasteiger partial charge in [0.1, 0.15) is 0 Å². The average Bonchev–Trinajstić information content (AvgIpc) is 2.64. The van der Waals surface area contributed by atoms with E-state index in [2.05, 4.69) is 53.1 Å². The van der Waals surface area contributed by atoms with Crippen LogP contribution in [0.5, 0.6) is 0 Å². The van der Waals surface area contributed by atoms with Gasteiger partial charge in [0.15, 0.2) is 0 Å². The van der Waals surface area contributed by atoms with Crippen LogP contribution in [0.1, 0.15) is 11.1 Å². The first-order valence-electron chi connectivity index (χ1n) is 6.56. The summed E-state index contributed by atoms with van der Waals surface area (Å²) >= 11 is 0. The van der Waals surface area contributed by atoms with Crippen LogP contribution in [0.25, 0.3) is 0 Å². The first kappa shape index (κ1) is 11.3.